The highest BCUT2D eigenvalue weighted by Gasteiger charge is 2.28. The maximum absolute atomic E-state index is 7.70. The Hall–Kier alpha value is -1.39. The Bertz CT molecular complexity index is 493. The summed E-state index contributed by atoms with van der Waals surface area (Å²) < 4.78 is 0. The maximum atomic E-state index is 7.70. The summed E-state index contributed by atoms with van der Waals surface area (Å²) in [6, 6.07) is 8.79. The first-order valence-corrected chi connectivity index (χ1v) is 8.13. The van der Waals surface area contributed by atoms with Gasteiger partial charge in [0.25, 0.3) is 0 Å². The van der Waals surface area contributed by atoms with Crippen molar-refractivity contribution < 1.29 is 0 Å². The van der Waals surface area contributed by atoms with Crippen LogP contribution in [0, 0.1) is 5.41 Å². The third-order valence-electron chi connectivity index (χ3n) is 4.86. The molecule has 3 N–H and O–H groups in total. The molecule has 1 aromatic carbocycles. The molecule has 2 heterocycles. The molecule has 0 saturated carbocycles. The summed E-state index contributed by atoms with van der Waals surface area (Å²) in [5, 5.41) is 7.70. The van der Waals surface area contributed by atoms with Crippen LogP contribution in [0.5, 0.6) is 0 Å². The fourth-order valence-electron chi connectivity index (χ4n) is 3.70. The second-order valence-corrected chi connectivity index (χ2v) is 6.35. The van der Waals surface area contributed by atoms with E-state index in [1.165, 1.54) is 44.3 Å². The van der Waals surface area contributed by atoms with E-state index in [1.807, 2.05) is 18.2 Å². The molecule has 0 bridgehead atoms. The number of piperidine rings is 1. The molecule has 0 aliphatic carbocycles. The Morgan fingerprint density at radius 3 is 2.67 bits per heavy atom. The molecule has 2 saturated heterocycles. The Labute approximate surface area is 127 Å². The summed E-state index contributed by atoms with van der Waals surface area (Å²) in [4.78, 5) is 5.20. The van der Waals surface area contributed by atoms with E-state index in [0.717, 1.165) is 31.2 Å². The maximum Gasteiger partial charge on any atom is 0.123 e. The number of hydrogen-bond acceptors (Lipinski definition) is 3. The molecule has 0 amide bonds. The fraction of sp³-hybridized carbons (Fsp3) is 0.588. The Morgan fingerprint density at radius 2 is 1.90 bits per heavy atom. The highest BCUT2D eigenvalue weighted by atomic mass is 15.3. The molecular weight excluding hydrogens is 260 g/mol. The van der Waals surface area contributed by atoms with Gasteiger partial charge in [0, 0.05) is 31.2 Å². The molecule has 2 aliphatic rings. The average molecular weight is 286 g/mol. The predicted octanol–water partition coefficient (Wildman–Crippen LogP) is 2.03. The molecule has 1 aromatic rings. The predicted molar refractivity (Wildman–Crippen MR) is 86.6 cm³/mol. The Balaban J connectivity index is 1.61. The lowest BCUT2D eigenvalue weighted by Gasteiger charge is -2.32. The minimum atomic E-state index is 0.178. The molecule has 3 rings (SSSR count). The number of amidine groups is 1. The van der Waals surface area contributed by atoms with Gasteiger partial charge in [-0.25, -0.2) is 0 Å². The van der Waals surface area contributed by atoms with Gasteiger partial charge in [0.1, 0.15) is 5.84 Å². The van der Waals surface area contributed by atoms with Gasteiger partial charge in [-0.05, 0) is 37.9 Å². The minimum Gasteiger partial charge on any atom is -0.384 e. The average Bonchev–Trinajstić information content (AvgIpc) is 2.97. The van der Waals surface area contributed by atoms with Crippen LogP contribution in [-0.4, -0.2) is 47.9 Å². The summed E-state index contributed by atoms with van der Waals surface area (Å²) >= 11 is 0. The van der Waals surface area contributed by atoms with Crippen molar-refractivity contribution in [2.45, 2.75) is 38.3 Å². The first kappa shape index (κ1) is 14.5. The second kappa shape index (κ2) is 6.58. The number of likely N-dealkylation sites (tertiary alicyclic amines) is 2. The van der Waals surface area contributed by atoms with Crippen molar-refractivity contribution in [1.29, 1.82) is 5.41 Å². The SMILES string of the molecule is N=C(N)c1ccccc1CN1CCC(N2CCCCC2)C1. The van der Waals surface area contributed by atoms with Crippen molar-refractivity contribution in [3.8, 4) is 0 Å². The lowest BCUT2D eigenvalue weighted by atomic mass is 10.1. The van der Waals surface area contributed by atoms with Crippen LogP contribution in [0.1, 0.15) is 36.8 Å². The van der Waals surface area contributed by atoms with Gasteiger partial charge in [-0.1, -0.05) is 30.7 Å². The highest BCUT2D eigenvalue weighted by molar-refractivity contribution is 5.96. The zero-order valence-corrected chi connectivity index (χ0v) is 12.7. The highest BCUT2D eigenvalue weighted by Crippen LogP contribution is 2.22. The van der Waals surface area contributed by atoms with Crippen molar-refractivity contribution in [2.75, 3.05) is 26.2 Å². The molecule has 1 unspecified atom stereocenters. The second-order valence-electron chi connectivity index (χ2n) is 6.35. The van der Waals surface area contributed by atoms with Crippen molar-refractivity contribution in [2.24, 2.45) is 5.73 Å². The van der Waals surface area contributed by atoms with Gasteiger partial charge >= 0.3 is 0 Å². The lowest BCUT2D eigenvalue weighted by Crippen LogP contribution is -2.40. The number of rotatable bonds is 4. The van der Waals surface area contributed by atoms with Crippen molar-refractivity contribution in [3.63, 3.8) is 0 Å². The van der Waals surface area contributed by atoms with Crippen LogP contribution < -0.4 is 5.73 Å². The standard InChI is InChI=1S/C17H26N4/c18-17(19)16-7-3-2-6-14(16)12-20-11-8-15(13-20)21-9-4-1-5-10-21/h2-3,6-7,15H,1,4-5,8-13H2,(H3,18,19). The van der Waals surface area contributed by atoms with Crippen molar-refractivity contribution >= 4 is 5.84 Å². The smallest absolute Gasteiger partial charge is 0.123 e. The number of benzene rings is 1. The van der Waals surface area contributed by atoms with E-state index in [9.17, 15) is 0 Å². The van der Waals surface area contributed by atoms with E-state index < -0.39 is 0 Å². The Morgan fingerprint density at radius 1 is 1.14 bits per heavy atom. The summed E-state index contributed by atoms with van der Waals surface area (Å²) in [6.45, 7) is 5.80. The van der Waals surface area contributed by atoms with Gasteiger partial charge in [-0.3, -0.25) is 15.2 Å². The minimum absolute atomic E-state index is 0.178. The molecule has 4 nitrogen and oxygen atoms in total. The Kier molecular flexibility index (Phi) is 4.56. The van der Waals surface area contributed by atoms with Crippen LogP contribution in [0.15, 0.2) is 24.3 Å². The van der Waals surface area contributed by atoms with E-state index in [2.05, 4.69) is 15.9 Å². The van der Waals surface area contributed by atoms with Gasteiger partial charge in [0.15, 0.2) is 0 Å². The largest absolute Gasteiger partial charge is 0.384 e. The number of nitrogens with zero attached hydrogens (tertiary/aromatic N) is 2. The molecule has 2 fully saturated rings. The van der Waals surface area contributed by atoms with Crippen LogP contribution in [0.3, 0.4) is 0 Å². The van der Waals surface area contributed by atoms with Gasteiger partial charge in [-0.2, -0.15) is 0 Å². The normalized spacial score (nSPS) is 24.3. The summed E-state index contributed by atoms with van der Waals surface area (Å²) in [5.41, 5.74) is 7.76. The fourth-order valence-corrected chi connectivity index (χ4v) is 3.70. The topological polar surface area (TPSA) is 56.4 Å². The third kappa shape index (κ3) is 3.44. The number of hydrogen-bond donors (Lipinski definition) is 2. The number of nitrogens with one attached hydrogen (secondary N) is 1. The zero-order chi connectivity index (χ0) is 14.7. The molecule has 1 atom stereocenters. The van der Waals surface area contributed by atoms with Crippen molar-refractivity contribution in [3.05, 3.63) is 35.4 Å². The van der Waals surface area contributed by atoms with E-state index in [0.29, 0.717) is 0 Å². The first-order valence-electron chi connectivity index (χ1n) is 8.13. The van der Waals surface area contributed by atoms with Crippen LogP contribution in [0.2, 0.25) is 0 Å². The van der Waals surface area contributed by atoms with Gasteiger partial charge in [0.2, 0.25) is 0 Å². The van der Waals surface area contributed by atoms with E-state index in [4.69, 9.17) is 11.1 Å². The first-order chi connectivity index (χ1) is 10.2. The van der Waals surface area contributed by atoms with Crippen molar-refractivity contribution in [1.82, 2.24) is 9.80 Å². The van der Waals surface area contributed by atoms with E-state index >= 15 is 0 Å². The van der Waals surface area contributed by atoms with Gasteiger partial charge in [0.05, 0.1) is 0 Å². The summed E-state index contributed by atoms with van der Waals surface area (Å²) in [6.07, 6.45) is 5.41. The van der Waals surface area contributed by atoms with Crippen LogP contribution in [-0.2, 0) is 6.54 Å². The molecule has 114 valence electrons. The van der Waals surface area contributed by atoms with E-state index in [-0.39, 0.29) is 5.84 Å². The molecule has 21 heavy (non-hydrogen) atoms. The molecular formula is C17H26N4. The van der Waals surface area contributed by atoms with Gasteiger partial charge in [-0.15, -0.1) is 0 Å². The molecule has 0 aromatic heterocycles. The molecule has 0 radical (unpaired) electrons. The zero-order valence-electron chi connectivity index (χ0n) is 12.7. The third-order valence-corrected chi connectivity index (χ3v) is 4.86. The summed E-state index contributed by atoms with van der Waals surface area (Å²) in [7, 11) is 0. The molecule has 2 aliphatic heterocycles. The van der Waals surface area contributed by atoms with Crippen LogP contribution >= 0.6 is 0 Å². The monoisotopic (exact) mass is 286 g/mol. The van der Waals surface area contributed by atoms with Gasteiger partial charge < -0.3 is 5.73 Å². The summed E-state index contributed by atoms with van der Waals surface area (Å²) in [5.74, 6) is 0.178. The molecule has 0 spiro atoms. The lowest BCUT2D eigenvalue weighted by molar-refractivity contribution is 0.161. The van der Waals surface area contributed by atoms with Crippen LogP contribution in [0.4, 0.5) is 0 Å². The number of nitrogens with two attached hydrogens (primary N) is 1. The number of nitrogen functional groups attached to an aromatic ring is 1. The molecule has 4 heteroatoms. The van der Waals surface area contributed by atoms with Crippen LogP contribution in [0.25, 0.3) is 0 Å². The van der Waals surface area contributed by atoms with E-state index in [1.54, 1.807) is 0 Å². The quantitative estimate of drug-likeness (QED) is 0.658.